The third kappa shape index (κ3) is 4.65. The van der Waals surface area contributed by atoms with E-state index >= 15 is 0 Å². The first kappa shape index (κ1) is 24.4. The summed E-state index contributed by atoms with van der Waals surface area (Å²) in [5.74, 6) is -2.24. The molecule has 2 N–H and O–H groups in total. The fourth-order valence-corrected chi connectivity index (χ4v) is 5.43. The third-order valence-corrected chi connectivity index (χ3v) is 7.15. The smallest absolute Gasteiger partial charge is 0.254 e. The van der Waals surface area contributed by atoms with Crippen molar-refractivity contribution in [2.75, 3.05) is 12.4 Å². The zero-order valence-electron chi connectivity index (χ0n) is 20.6. The van der Waals surface area contributed by atoms with Gasteiger partial charge in [-0.3, -0.25) is 14.6 Å². The van der Waals surface area contributed by atoms with Crippen LogP contribution in [-0.2, 0) is 9.59 Å². The van der Waals surface area contributed by atoms with Gasteiger partial charge in [0.1, 0.15) is 11.6 Å². The Balaban J connectivity index is 1.60. The average molecular weight is 499 g/mol. The summed E-state index contributed by atoms with van der Waals surface area (Å²) in [6.45, 7) is 1.74. The fourth-order valence-electron chi connectivity index (χ4n) is 5.43. The molecule has 1 aliphatic carbocycles. The number of nitrogens with one attached hydrogen (secondary N) is 1. The van der Waals surface area contributed by atoms with Gasteiger partial charge in [0, 0.05) is 29.3 Å². The zero-order valence-corrected chi connectivity index (χ0v) is 20.6. The summed E-state index contributed by atoms with van der Waals surface area (Å²) in [6.07, 6.45) is 0.909. The van der Waals surface area contributed by atoms with Crippen LogP contribution >= 0.6 is 0 Å². The molecule has 1 aliphatic heterocycles. The number of phenols is 1. The number of carbonyl (C=O) groups excluding carboxylic acids is 2. The number of phenolic OH excluding ortho intramolecular Hbond substituents is 1. The number of para-hydroxylation sites is 1. The standard InChI is InChI=1S/C30H27FN2O4/c1-17-27(30(36)33-22-11-7-6-10-21(22)31)28(19-12-13-24(34)26(16-19)37-2)29-23(32-17)14-20(15-25(29)35)18-8-4-3-5-9-18/h3-13,16,20,28-29,34H,14-15H2,1-2H3,(H,33,36)/t20-,28-,29-/m0/s1. The number of ether oxygens (including phenoxy) is 1. The van der Waals surface area contributed by atoms with Crippen LogP contribution in [0.2, 0.25) is 0 Å². The summed E-state index contributed by atoms with van der Waals surface area (Å²) in [4.78, 5) is 32.1. The third-order valence-electron chi connectivity index (χ3n) is 7.15. The second-order valence-electron chi connectivity index (χ2n) is 9.40. The number of aliphatic imine (C=N–C) groups is 1. The van der Waals surface area contributed by atoms with Gasteiger partial charge in [-0.05, 0) is 54.7 Å². The molecule has 0 unspecified atom stereocenters. The number of benzene rings is 3. The predicted molar refractivity (Wildman–Crippen MR) is 139 cm³/mol. The number of anilines is 1. The van der Waals surface area contributed by atoms with Crippen LogP contribution in [0.25, 0.3) is 0 Å². The van der Waals surface area contributed by atoms with Crippen molar-refractivity contribution in [3.8, 4) is 11.5 Å². The Morgan fingerprint density at radius 3 is 2.46 bits per heavy atom. The van der Waals surface area contributed by atoms with E-state index in [1.165, 1.54) is 25.3 Å². The van der Waals surface area contributed by atoms with Crippen molar-refractivity contribution in [3.63, 3.8) is 0 Å². The summed E-state index contributed by atoms with van der Waals surface area (Å²) < 4.78 is 19.7. The highest BCUT2D eigenvalue weighted by atomic mass is 19.1. The Morgan fingerprint density at radius 2 is 1.73 bits per heavy atom. The van der Waals surface area contributed by atoms with Crippen molar-refractivity contribution in [2.45, 2.75) is 31.6 Å². The molecule has 5 rings (SSSR count). The molecule has 0 aromatic heterocycles. The minimum absolute atomic E-state index is 0.000273. The van der Waals surface area contributed by atoms with E-state index < -0.39 is 23.6 Å². The van der Waals surface area contributed by atoms with Crippen molar-refractivity contribution in [1.29, 1.82) is 0 Å². The number of nitrogens with zero attached hydrogens (tertiary/aromatic N) is 1. The number of rotatable bonds is 5. The maximum atomic E-state index is 14.4. The number of methoxy groups -OCH3 is 1. The Hall–Kier alpha value is -4.26. The molecule has 6 nitrogen and oxygen atoms in total. The molecule has 1 amide bonds. The average Bonchev–Trinajstić information content (AvgIpc) is 2.90. The highest BCUT2D eigenvalue weighted by molar-refractivity contribution is 6.14. The van der Waals surface area contributed by atoms with E-state index in [0.29, 0.717) is 24.1 Å². The first-order chi connectivity index (χ1) is 17.9. The van der Waals surface area contributed by atoms with Crippen LogP contribution in [0.15, 0.2) is 89.1 Å². The van der Waals surface area contributed by atoms with Gasteiger partial charge in [0.05, 0.1) is 18.7 Å². The van der Waals surface area contributed by atoms with Crippen molar-refractivity contribution in [2.24, 2.45) is 10.9 Å². The molecular formula is C30H27FN2O4. The number of allylic oxidation sites excluding steroid dienone is 1. The zero-order chi connectivity index (χ0) is 26.1. The lowest BCUT2D eigenvalue weighted by atomic mass is 9.66. The number of ketones is 1. The van der Waals surface area contributed by atoms with Gasteiger partial charge in [-0.1, -0.05) is 48.5 Å². The lowest BCUT2D eigenvalue weighted by Crippen LogP contribution is -2.41. The van der Waals surface area contributed by atoms with Gasteiger partial charge >= 0.3 is 0 Å². The highest BCUT2D eigenvalue weighted by Gasteiger charge is 2.45. The summed E-state index contributed by atoms with van der Waals surface area (Å²) >= 11 is 0. The molecule has 3 aromatic carbocycles. The predicted octanol–water partition coefficient (Wildman–Crippen LogP) is 5.75. The minimum Gasteiger partial charge on any atom is -0.504 e. The second-order valence-corrected chi connectivity index (χ2v) is 9.40. The van der Waals surface area contributed by atoms with Crippen LogP contribution in [0.5, 0.6) is 11.5 Å². The van der Waals surface area contributed by atoms with Gasteiger partial charge in [-0.25, -0.2) is 4.39 Å². The van der Waals surface area contributed by atoms with Crippen LogP contribution in [0.4, 0.5) is 10.1 Å². The molecule has 1 saturated carbocycles. The molecule has 1 heterocycles. The molecule has 2 aliphatic rings. The minimum atomic E-state index is -0.669. The largest absolute Gasteiger partial charge is 0.504 e. The van der Waals surface area contributed by atoms with E-state index in [2.05, 4.69) is 5.32 Å². The number of carbonyl (C=O) groups is 2. The number of aromatic hydroxyl groups is 1. The van der Waals surface area contributed by atoms with E-state index in [1.807, 2.05) is 30.3 Å². The Kier molecular flexibility index (Phi) is 6.61. The van der Waals surface area contributed by atoms with Crippen LogP contribution in [0.3, 0.4) is 0 Å². The lowest BCUT2D eigenvalue weighted by Gasteiger charge is -2.38. The number of Topliss-reactive ketones (excluding diaryl/α,β-unsaturated/α-hetero) is 1. The Bertz CT molecular complexity index is 1430. The van der Waals surface area contributed by atoms with Crippen LogP contribution in [0, 0.1) is 11.7 Å². The number of halogens is 1. The normalized spacial score (nSPS) is 21.2. The summed E-state index contributed by atoms with van der Waals surface area (Å²) in [5.41, 5.74) is 3.24. The monoisotopic (exact) mass is 498 g/mol. The summed E-state index contributed by atoms with van der Waals surface area (Å²) in [6, 6.07) is 20.6. The van der Waals surface area contributed by atoms with Gasteiger partial charge in [-0.15, -0.1) is 0 Å². The van der Waals surface area contributed by atoms with Gasteiger partial charge < -0.3 is 15.2 Å². The number of amides is 1. The van der Waals surface area contributed by atoms with E-state index in [-0.39, 0.29) is 34.5 Å². The SMILES string of the molecule is COc1cc([C@H]2C(C(=O)Nc3ccccc3F)=C(C)N=C3C[C@H](c4ccccc4)CC(=O)[C@H]32)ccc1O. The van der Waals surface area contributed by atoms with E-state index in [9.17, 15) is 19.1 Å². The quantitative estimate of drug-likeness (QED) is 0.469. The number of hydrogen-bond donors (Lipinski definition) is 2. The molecule has 3 atom stereocenters. The highest BCUT2D eigenvalue weighted by Crippen LogP contribution is 2.47. The number of fused-ring (bicyclic) bond motifs is 1. The van der Waals surface area contributed by atoms with Crippen LogP contribution < -0.4 is 10.1 Å². The van der Waals surface area contributed by atoms with Gasteiger partial charge in [0.25, 0.3) is 5.91 Å². The number of hydrogen-bond acceptors (Lipinski definition) is 5. The molecule has 0 spiro atoms. The van der Waals surface area contributed by atoms with E-state index in [4.69, 9.17) is 9.73 Å². The molecule has 188 valence electrons. The topological polar surface area (TPSA) is 88.0 Å². The lowest BCUT2D eigenvalue weighted by molar-refractivity contribution is -0.122. The fraction of sp³-hybridized carbons (Fsp3) is 0.233. The van der Waals surface area contributed by atoms with Crippen molar-refractivity contribution in [3.05, 3.63) is 101 Å². The van der Waals surface area contributed by atoms with E-state index in [1.54, 1.807) is 31.2 Å². The molecule has 0 saturated heterocycles. The molecule has 7 heteroatoms. The maximum absolute atomic E-state index is 14.4. The van der Waals surface area contributed by atoms with E-state index in [0.717, 1.165) is 11.3 Å². The van der Waals surface area contributed by atoms with Gasteiger partial charge in [-0.2, -0.15) is 0 Å². The van der Waals surface area contributed by atoms with Crippen molar-refractivity contribution in [1.82, 2.24) is 0 Å². The van der Waals surface area contributed by atoms with Crippen molar-refractivity contribution < 1.29 is 23.8 Å². The second kappa shape index (κ2) is 10.0. The first-order valence-corrected chi connectivity index (χ1v) is 12.2. The first-order valence-electron chi connectivity index (χ1n) is 12.2. The molecule has 37 heavy (non-hydrogen) atoms. The van der Waals surface area contributed by atoms with Crippen LogP contribution in [-0.4, -0.2) is 29.6 Å². The Labute approximate surface area is 214 Å². The molecule has 0 bridgehead atoms. The van der Waals surface area contributed by atoms with Crippen LogP contribution in [0.1, 0.15) is 42.7 Å². The summed E-state index contributed by atoms with van der Waals surface area (Å²) in [5, 5.41) is 12.8. The maximum Gasteiger partial charge on any atom is 0.254 e. The van der Waals surface area contributed by atoms with Crippen molar-refractivity contribution >= 4 is 23.1 Å². The van der Waals surface area contributed by atoms with Gasteiger partial charge in [0.15, 0.2) is 11.5 Å². The molecular weight excluding hydrogens is 471 g/mol. The van der Waals surface area contributed by atoms with Gasteiger partial charge in [0.2, 0.25) is 0 Å². The molecule has 3 aromatic rings. The molecule has 1 fully saturated rings. The molecule has 0 radical (unpaired) electrons. The Morgan fingerprint density at radius 1 is 1.00 bits per heavy atom. The summed E-state index contributed by atoms with van der Waals surface area (Å²) in [7, 11) is 1.44.